The van der Waals surface area contributed by atoms with Crippen LogP contribution in [0.1, 0.15) is 104 Å². The van der Waals surface area contributed by atoms with Crippen molar-refractivity contribution < 1.29 is 4.21 Å². The Morgan fingerprint density at radius 3 is 2.04 bits per heavy atom. The molecule has 0 radical (unpaired) electrons. The molecule has 0 aromatic carbocycles. The molecule has 23 heavy (non-hydrogen) atoms. The monoisotopic (exact) mass is 340 g/mol. The highest BCUT2D eigenvalue weighted by Gasteiger charge is 2.38. The molecule has 0 spiro atoms. The van der Waals surface area contributed by atoms with Crippen LogP contribution in [0.5, 0.6) is 0 Å². The normalized spacial score (nSPS) is 36.7. The van der Waals surface area contributed by atoms with E-state index in [1.54, 1.807) is 0 Å². The highest BCUT2D eigenvalue weighted by molar-refractivity contribution is 7.86. The minimum absolute atomic E-state index is 0.129. The molecule has 2 fully saturated rings. The molecular weight excluding hydrogens is 300 g/mol. The molecule has 1 nitrogen and oxygen atoms in total. The van der Waals surface area contributed by atoms with Gasteiger partial charge in [0, 0.05) is 21.3 Å². The molecule has 1 atom stereocenters. The largest absolute Gasteiger partial charge is 0.259 e. The molecule has 0 aromatic rings. The van der Waals surface area contributed by atoms with Crippen molar-refractivity contribution in [3.05, 3.63) is 0 Å². The molecule has 136 valence electrons. The molecule has 0 N–H and O–H groups in total. The van der Waals surface area contributed by atoms with Crippen LogP contribution in [-0.4, -0.2) is 14.7 Å². The molecule has 2 saturated carbocycles. The fraction of sp³-hybridized carbons (Fsp3) is 1.00. The predicted molar refractivity (Wildman–Crippen MR) is 103 cm³/mol. The lowest BCUT2D eigenvalue weighted by molar-refractivity contribution is 0.152. The summed E-state index contributed by atoms with van der Waals surface area (Å²) >= 11 is 0. The first-order valence-electron chi connectivity index (χ1n) is 10.5. The van der Waals surface area contributed by atoms with E-state index >= 15 is 0 Å². The van der Waals surface area contributed by atoms with Gasteiger partial charge < -0.3 is 0 Å². The number of hydrogen-bond donors (Lipinski definition) is 0. The first-order chi connectivity index (χ1) is 11.1. The zero-order valence-corrected chi connectivity index (χ0v) is 16.8. The van der Waals surface area contributed by atoms with Crippen LogP contribution in [-0.2, 0) is 10.8 Å². The van der Waals surface area contributed by atoms with Gasteiger partial charge in [0.1, 0.15) is 0 Å². The summed E-state index contributed by atoms with van der Waals surface area (Å²) in [5.41, 5.74) is 0. The minimum Gasteiger partial charge on any atom is -0.259 e. The lowest BCUT2D eigenvalue weighted by atomic mass is 9.68. The summed E-state index contributed by atoms with van der Waals surface area (Å²) in [5, 5.41) is 0. The Morgan fingerprint density at radius 1 is 0.870 bits per heavy atom. The zero-order chi connectivity index (χ0) is 16.7. The van der Waals surface area contributed by atoms with Crippen molar-refractivity contribution in [1.82, 2.24) is 0 Å². The Morgan fingerprint density at radius 2 is 1.48 bits per heavy atom. The van der Waals surface area contributed by atoms with Gasteiger partial charge in [-0.15, -0.1) is 0 Å². The van der Waals surface area contributed by atoms with Gasteiger partial charge in [-0.05, 0) is 69.6 Å². The van der Waals surface area contributed by atoms with E-state index in [4.69, 9.17) is 0 Å². The Balaban J connectivity index is 1.71. The maximum atomic E-state index is 12.5. The average molecular weight is 341 g/mol. The molecule has 2 rings (SSSR count). The molecule has 0 saturated heterocycles. The van der Waals surface area contributed by atoms with Crippen LogP contribution in [0.4, 0.5) is 0 Å². The lowest BCUT2D eigenvalue weighted by Crippen LogP contribution is -2.38. The van der Waals surface area contributed by atoms with Gasteiger partial charge >= 0.3 is 0 Å². The highest BCUT2D eigenvalue weighted by atomic mass is 32.2. The van der Waals surface area contributed by atoms with Gasteiger partial charge in [0.2, 0.25) is 0 Å². The van der Waals surface area contributed by atoms with Crippen LogP contribution in [0.15, 0.2) is 0 Å². The first kappa shape index (κ1) is 19.5. The highest BCUT2D eigenvalue weighted by Crippen LogP contribution is 2.44. The van der Waals surface area contributed by atoms with Gasteiger partial charge in [-0.1, -0.05) is 52.4 Å². The Hall–Kier alpha value is 0.150. The van der Waals surface area contributed by atoms with E-state index in [1.165, 1.54) is 77.0 Å². The summed E-state index contributed by atoms with van der Waals surface area (Å²) in [5.74, 6) is 3.87. The third kappa shape index (κ3) is 5.58. The van der Waals surface area contributed by atoms with E-state index in [0.717, 1.165) is 29.9 Å². The van der Waals surface area contributed by atoms with Gasteiger partial charge in [-0.2, -0.15) is 0 Å². The summed E-state index contributed by atoms with van der Waals surface area (Å²) in [6.07, 6.45) is 17.8. The van der Waals surface area contributed by atoms with Gasteiger partial charge in [0.05, 0.1) is 0 Å². The second-order valence-electron chi connectivity index (χ2n) is 8.61. The summed E-state index contributed by atoms with van der Waals surface area (Å²) in [7, 11) is -0.602. The quantitative estimate of drug-likeness (QED) is 0.462. The summed E-state index contributed by atoms with van der Waals surface area (Å²) in [6, 6.07) is 0. The van der Waals surface area contributed by atoms with Crippen molar-refractivity contribution in [1.29, 1.82) is 0 Å². The Bertz CT molecular complexity index is 349. The molecule has 2 aliphatic carbocycles. The van der Waals surface area contributed by atoms with Crippen LogP contribution in [0, 0.1) is 17.8 Å². The first-order valence-corrected chi connectivity index (χ1v) is 11.8. The minimum atomic E-state index is -0.602. The summed E-state index contributed by atoms with van der Waals surface area (Å²) < 4.78 is 12.6. The predicted octanol–water partition coefficient (Wildman–Crippen LogP) is 6.48. The fourth-order valence-electron chi connectivity index (χ4n) is 5.01. The molecule has 2 heteroatoms. The standard InChI is InChI=1S/C21H40OS/c1-4-6-7-8-18-9-11-19(12-10-18)20-13-15-21(3,16-14-20)23(22)17-5-2/h18-20H,4-17H2,1-3H3. The van der Waals surface area contributed by atoms with Crippen molar-refractivity contribution in [3.8, 4) is 0 Å². The molecule has 1 unspecified atom stereocenters. The van der Waals surface area contributed by atoms with Crippen molar-refractivity contribution in [2.24, 2.45) is 17.8 Å². The molecule has 0 bridgehead atoms. The van der Waals surface area contributed by atoms with Crippen molar-refractivity contribution in [2.75, 3.05) is 5.75 Å². The topological polar surface area (TPSA) is 17.1 Å². The number of unbranched alkanes of at least 4 members (excludes halogenated alkanes) is 2. The Labute approximate surface area is 147 Å². The van der Waals surface area contributed by atoms with Gasteiger partial charge in [0.15, 0.2) is 0 Å². The zero-order valence-electron chi connectivity index (χ0n) is 15.9. The summed E-state index contributed by atoms with van der Waals surface area (Å²) in [6.45, 7) is 6.76. The van der Waals surface area contributed by atoms with Crippen LogP contribution in [0.3, 0.4) is 0 Å². The molecule has 0 aromatic heterocycles. The molecular formula is C21H40OS. The molecule has 0 aliphatic heterocycles. The van der Waals surface area contributed by atoms with Gasteiger partial charge in [-0.25, -0.2) is 0 Å². The summed E-state index contributed by atoms with van der Waals surface area (Å²) in [4.78, 5) is 0. The average Bonchev–Trinajstić information content (AvgIpc) is 2.57. The maximum Gasteiger partial charge on any atom is 0.0431 e. The van der Waals surface area contributed by atoms with Crippen LogP contribution in [0.2, 0.25) is 0 Å². The lowest BCUT2D eigenvalue weighted by Gasteiger charge is -2.41. The molecule has 2 aliphatic rings. The van der Waals surface area contributed by atoms with Gasteiger partial charge in [-0.3, -0.25) is 4.21 Å². The third-order valence-corrected chi connectivity index (χ3v) is 9.09. The molecule has 0 amide bonds. The van der Waals surface area contributed by atoms with Crippen LogP contribution < -0.4 is 0 Å². The third-order valence-electron chi connectivity index (χ3n) is 6.80. The fourth-order valence-corrected chi connectivity index (χ4v) is 6.57. The second kappa shape index (κ2) is 9.59. The Kier molecular flexibility index (Phi) is 8.12. The molecule has 0 heterocycles. The van der Waals surface area contributed by atoms with Crippen molar-refractivity contribution in [2.45, 2.75) is 109 Å². The van der Waals surface area contributed by atoms with E-state index in [2.05, 4.69) is 20.8 Å². The van der Waals surface area contributed by atoms with Crippen LogP contribution >= 0.6 is 0 Å². The van der Waals surface area contributed by atoms with E-state index in [9.17, 15) is 4.21 Å². The number of hydrogen-bond acceptors (Lipinski definition) is 1. The van der Waals surface area contributed by atoms with E-state index in [-0.39, 0.29) is 4.75 Å². The van der Waals surface area contributed by atoms with E-state index in [1.807, 2.05) is 0 Å². The second-order valence-corrected chi connectivity index (χ2v) is 10.7. The van der Waals surface area contributed by atoms with E-state index in [0.29, 0.717) is 0 Å². The van der Waals surface area contributed by atoms with Crippen molar-refractivity contribution in [3.63, 3.8) is 0 Å². The SMILES string of the molecule is CCCCCC1CCC(C2CCC(C)(S(=O)CCC)CC2)CC1. The van der Waals surface area contributed by atoms with Crippen molar-refractivity contribution >= 4 is 10.8 Å². The van der Waals surface area contributed by atoms with Gasteiger partial charge in [0.25, 0.3) is 0 Å². The smallest absolute Gasteiger partial charge is 0.0431 e. The number of rotatable bonds is 8. The van der Waals surface area contributed by atoms with Crippen LogP contribution in [0.25, 0.3) is 0 Å². The maximum absolute atomic E-state index is 12.5. The van der Waals surface area contributed by atoms with E-state index < -0.39 is 10.8 Å².